The standard InChI is InChI=1S/C36H38O5/c1-35(2,3)22-25-6-10-27(11-7-25)28-12-8-26(9-13-28)23-36(4,5)24-40-34(39)30-16-20-32(21-17-30)41-31-18-14-29(15-19-31)33(37)38/h6-21H,22-24H2,1-5H3,(H,37,38). The number of hydrogen-bond acceptors (Lipinski definition) is 4. The van der Waals surface area contributed by atoms with Crippen LogP contribution in [0.1, 0.15) is 66.5 Å². The summed E-state index contributed by atoms with van der Waals surface area (Å²) in [5.74, 6) is -0.335. The number of aromatic carboxylic acids is 1. The van der Waals surface area contributed by atoms with Crippen LogP contribution in [-0.2, 0) is 17.6 Å². The lowest BCUT2D eigenvalue weighted by molar-refractivity contribution is 0.0341. The topological polar surface area (TPSA) is 72.8 Å². The molecule has 4 rings (SSSR count). The fourth-order valence-corrected chi connectivity index (χ4v) is 4.65. The smallest absolute Gasteiger partial charge is 0.338 e. The van der Waals surface area contributed by atoms with Gasteiger partial charge in [0.05, 0.1) is 17.7 Å². The van der Waals surface area contributed by atoms with Crippen molar-refractivity contribution >= 4 is 11.9 Å². The number of benzene rings is 4. The van der Waals surface area contributed by atoms with Crippen LogP contribution in [0.15, 0.2) is 97.1 Å². The van der Waals surface area contributed by atoms with Gasteiger partial charge in [-0.25, -0.2) is 9.59 Å². The SMILES string of the molecule is CC(C)(C)Cc1ccc(-c2ccc(CC(C)(C)COC(=O)c3ccc(Oc4ccc(C(=O)O)cc4)cc3)cc2)cc1. The van der Waals surface area contributed by atoms with E-state index in [0.29, 0.717) is 17.1 Å². The molecule has 4 aromatic rings. The third kappa shape index (κ3) is 8.81. The van der Waals surface area contributed by atoms with E-state index in [2.05, 4.69) is 83.1 Å². The molecule has 4 aromatic carbocycles. The Balaban J connectivity index is 1.28. The highest BCUT2D eigenvalue weighted by molar-refractivity contribution is 5.89. The van der Waals surface area contributed by atoms with Crippen LogP contribution in [0.4, 0.5) is 0 Å². The number of carboxylic acids is 1. The van der Waals surface area contributed by atoms with Crippen LogP contribution in [0.3, 0.4) is 0 Å². The van der Waals surface area contributed by atoms with Crippen LogP contribution in [0.2, 0.25) is 0 Å². The maximum absolute atomic E-state index is 12.7. The zero-order chi connectivity index (χ0) is 29.6. The van der Waals surface area contributed by atoms with Crippen LogP contribution >= 0.6 is 0 Å². The van der Waals surface area contributed by atoms with Gasteiger partial charge in [0.25, 0.3) is 0 Å². The van der Waals surface area contributed by atoms with Crippen molar-refractivity contribution in [1.29, 1.82) is 0 Å². The lowest BCUT2D eigenvalue weighted by atomic mass is 9.86. The zero-order valence-corrected chi connectivity index (χ0v) is 24.4. The first-order chi connectivity index (χ1) is 19.4. The minimum absolute atomic E-state index is 0.188. The van der Waals surface area contributed by atoms with Crippen molar-refractivity contribution in [3.05, 3.63) is 119 Å². The quantitative estimate of drug-likeness (QED) is 0.200. The van der Waals surface area contributed by atoms with Gasteiger partial charge in [-0.15, -0.1) is 0 Å². The summed E-state index contributed by atoms with van der Waals surface area (Å²) in [4.78, 5) is 23.7. The predicted molar refractivity (Wildman–Crippen MR) is 163 cm³/mol. The van der Waals surface area contributed by atoms with Gasteiger partial charge in [-0.2, -0.15) is 0 Å². The molecule has 0 spiro atoms. The van der Waals surface area contributed by atoms with Gasteiger partial charge in [-0.05, 0) is 89.0 Å². The normalized spacial score (nSPS) is 11.6. The Hall–Kier alpha value is -4.38. The molecule has 0 amide bonds. The minimum Gasteiger partial charge on any atom is -0.478 e. The van der Waals surface area contributed by atoms with Crippen LogP contribution in [0, 0.1) is 10.8 Å². The second-order valence-electron chi connectivity index (χ2n) is 12.5. The molecule has 1 N–H and O–H groups in total. The maximum atomic E-state index is 12.7. The van der Waals surface area contributed by atoms with Gasteiger partial charge in [0, 0.05) is 5.41 Å². The molecular weight excluding hydrogens is 512 g/mol. The van der Waals surface area contributed by atoms with Crippen LogP contribution < -0.4 is 4.74 Å². The maximum Gasteiger partial charge on any atom is 0.338 e. The summed E-state index contributed by atoms with van der Waals surface area (Å²) >= 11 is 0. The molecule has 0 aromatic heterocycles. The first kappa shape index (κ1) is 29.6. The molecule has 0 atom stereocenters. The van der Waals surface area contributed by atoms with Gasteiger partial charge < -0.3 is 14.6 Å². The van der Waals surface area contributed by atoms with Crippen LogP contribution in [0.5, 0.6) is 11.5 Å². The van der Waals surface area contributed by atoms with Crippen molar-refractivity contribution in [2.75, 3.05) is 6.61 Å². The Kier molecular flexibility index (Phi) is 8.97. The fraction of sp³-hybridized carbons (Fsp3) is 0.278. The van der Waals surface area contributed by atoms with E-state index in [1.54, 1.807) is 36.4 Å². The Morgan fingerprint density at radius 1 is 0.610 bits per heavy atom. The molecule has 0 radical (unpaired) electrons. The summed E-state index contributed by atoms with van der Waals surface area (Å²) in [7, 11) is 0. The number of esters is 1. The minimum atomic E-state index is -0.992. The number of hydrogen-bond donors (Lipinski definition) is 1. The highest BCUT2D eigenvalue weighted by Crippen LogP contribution is 2.28. The predicted octanol–water partition coefficient (Wildman–Crippen LogP) is 8.86. The summed E-state index contributed by atoms with van der Waals surface area (Å²) in [6.45, 7) is 11.2. The Labute approximate surface area is 242 Å². The summed E-state index contributed by atoms with van der Waals surface area (Å²) < 4.78 is 11.4. The highest BCUT2D eigenvalue weighted by Gasteiger charge is 2.22. The zero-order valence-electron chi connectivity index (χ0n) is 24.4. The molecule has 0 fully saturated rings. The molecule has 0 aliphatic heterocycles. The number of ether oxygens (including phenoxy) is 2. The van der Waals surface area contributed by atoms with E-state index in [-0.39, 0.29) is 29.0 Å². The molecular formula is C36H38O5. The second kappa shape index (κ2) is 12.4. The first-order valence-corrected chi connectivity index (χ1v) is 13.8. The molecule has 5 heteroatoms. The molecule has 212 valence electrons. The fourth-order valence-electron chi connectivity index (χ4n) is 4.65. The van der Waals surface area contributed by atoms with Crippen molar-refractivity contribution in [2.45, 2.75) is 47.5 Å². The van der Waals surface area contributed by atoms with Gasteiger partial charge in [0.2, 0.25) is 0 Å². The summed E-state index contributed by atoms with van der Waals surface area (Å²) in [5, 5.41) is 9.01. The number of carbonyl (C=O) groups is 2. The average Bonchev–Trinajstić information content (AvgIpc) is 2.92. The monoisotopic (exact) mass is 550 g/mol. The summed E-state index contributed by atoms with van der Waals surface area (Å²) in [5.41, 5.74) is 5.59. The van der Waals surface area contributed by atoms with E-state index >= 15 is 0 Å². The van der Waals surface area contributed by atoms with Crippen LogP contribution in [-0.4, -0.2) is 23.7 Å². The third-order valence-corrected chi connectivity index (χ3v) is 6.68. The van der Waals surface area contributed by atoms with Crippen molar-refractivity contribution in [3.63, 3.8) is 0 Å². The van der Waals surface area contributed by atoms with Crippen molar-refractivity contribution < 1.29 is 24.2 Å². The van der Waals surface area contributed by atoms with E-state index in [9.17, 15) is 9.59 Å². The average molecular weight is 551 g/mol. The Morgan fingerprint density at radius 3 is 1.49 bits per heavy atom. The molecule has 5 nitrogen and oxygen atoms in total. The number of rotatable bonds is 10. The van der Waals surface area contributed by atoms with Crippen LogP contribution in [0.25, 0.3) is 11.1 Å². The van der Waals surface area contributed by atoms with E-state index in [0.717, 1.165) is 12.8 Å². The molecule has 0 bridgehead atoms. The number of carboxylic acid groups (broad SMARTS) is 1. The van der Waals surface area contributed by atoms with Gasteiger partial charge in [-0.3, -0.25) is 0 Å². The summed E-state index contributed by atoms with van der Waals surface area (Å²) in [6.07, 6.45) is 1.83. The van der Waals surface area contributed by atoms with E-state index in [1.807, 2.05) is 0 Å². The molecule has 0 saturated heterocycles. The third-order valence-electron chi connectivity index (χ3n) is 6.68. The Morgan fingerprint density at radius 2 is 1.05 bits per heavy atom. The highest BCUT2D eigenvalue weighted by atomic mass is 16.5. The Bertz CT molecular complexity index is 1460. The van der Waals surface area contributed by atoms with Crippen molar-refractivity contribution in [2.24, 2.45) is 10.8 Å². The second-order valence-corrected chi connectivity index (χ2v) is 12.5. The van der Waals surface area contributed by atoms with Crippen molar-refractivity contribution in [3.8, 4) is 22.6 Å². The molecule has 0 unspecified atom stereocenters. The van der Waals surface area contributed by atoms with Gasteiger partial charge >= 0.3 is 11.9 Å². The molecule has 0 heterocycles. The van der Waals surface area contributed by atoms with Crippen molar-refractivity contribution in [1.82, 2.24) is 0 Å². The number of carbonyl (C=O) groups excluding carboxylic acids is 1. The van der Waals surface area contributed by atoms with Gasteiger partial charge in [0.15, 0.2) is 0 Å². The summed E-state index contributed by atoms with van der Waals surface area (Å²) in [6, 6.07) is 30.2. The lowest BCUT2D eigenvalue weighted by Gasteiger charge is -2.24. The van der Waals surface area contributed by atoms with E-state index in [1.165, 1.54) is 34.4 Å². The first-order valence-electron chi connectivity index (χ1n) is 13.8. The molecule has 0 aliphatic rings. The van der Waals surface area contributed by atoms with Gasteiger partial charge in [0.1, 0.15) is 11.5 Å². The van der Waals surface area contributed by atoms with E-state index in [4.69, 9.17) is 14.6 Å². The molecule has 0 aliphatic carbocycles. The molecule has 41 heavy (non-hydrogen) atoms. The lowest BCUT2D eigenvalue weighted by Crippen LogP contribution is -2.24. The van der Waals surface area contributed by atoms with E-state index < -0.39 is 5.97 Å². The van der Waals surface area contributed by atoms with Gasteiger partial charge in [-0.1, -0.05) is 83.1 Å². The molecule has 0 saturated carbocycles. The largest absolute Gasteiger partial charge is 0.478 e.